The van der Waals surface area contributed by atoms with Gasteiger partial charge in [-0.15, -0.1) is 0 Å². The Morgan fingerprint density at radius 2 is 1.60 bits per heavy atom. The predicted molar refractivity (Wildman–Crippen MR) is 86.5 cm³/mol. The van der Waals surface area contributed by atoms with Crippen molar-refractivity contribution < 1.29 is 32.2 Å². The van der Waals surface area contributed by atoms with Gasteiger partial charge in [-0.05, 0) is 60.7 Å². The van der Waals surface area contributed by atoms with Crippen molar-refractivity contribution in [2.24, 2.45) is 0 Å². The van der Waals surface area contributed by atoms with E-state index >= 15 is 0 Å². The number of carbonyl (C=O) groups is 1. The summed E-state index contributed by atoms with van der Waals surface area (Å²) in [6, 6.07) is 1.79. The van der Waals surface area contributed by atoms with Crippen molar-refractivity contribution in [2.75, 3.05) is 18.5 Å². The Kier molecular flexibility index (Phi) is 6.58. The summed E-state index contributed by atoms with van der Waals surface area (Å²) in [6.45, 7) is 4.44. The highest BCUT2D eigenvalue weighted by Gasteiger charge is 2.68. The molecule has 0 fully saturated rings. The fraction of sp³-hybridized carbons (Fsp3) is 0.533. The number of carbonyl (C=O) groups excluding carboxylic acids is 1. The van der Waals surface area contributed by atoms with E-state index in [1.165, 1.54) is 13.8 Å². The van der Waals surface area contributed by atoms with Gasteiger partial charge in [-0.1, -0.05) is 12.1 Å². The van der Waals surface area contributed by atoms with Gasteiger partial charge in [-0.25, -0.2) is 0 Å². The molecule has 142 valence electrons. The van der Waals surface area contributed by atoms with Crippen molar-refractivity contribution in [3.63, 3.8) is 0 Å². The van der Waals surface area contributed by atoms with Crippen molar-refractivity contribution in [1.29, 1.82) is 0 Å². The van der Waals surface area contributed by atoms with Crippen molar-refractivity contribution in [1.82, 2.24) is 0 Å². The monoisotopic (exact) mass is 405 g/mol. The van der Waals surface area contributed by atoms with Crippen LogP contribution in [0.1, 0.15) is 23.6 Å². The molecule has 0 radical (unpaired) electrons. The fourth-order valence-corrected chi connectivity index (χ4v) is 2.82. The largest absolute Gasteiger partial charge is 0.465 e. The molecule has 0 saturated carbocycles. The van der Waals surface area contributed by atoms with Gasteiger partial charge in [-0.3, -0.25) is 4.79 Å². The Morgan fingerprint density at radius 3 is 1.96 bits per heavy atom. The molecule has 0 aliphatic carbocycles. The van der Waals surface area contributed by atoms with Crippen molar-refractivity contribution >= 4 is 34.9 Å². The normalized spacial score (nSPS) is 12.9. The number of benzene rings is 1. The molecule has 0 aliphatic heterocycles. The van der Waals surface area contributed by atoms with Crippen LogP contribution in [0.15, 0.2) is 12.1 Å². The van der Waals surface area contributed by atoms with E-state index in [1.54, 1.807) is 6.92 Å². The molecule has 0 heterocycles. The molecule has 0 aliphatic rings. The number of nitrogens with one attached hydrogen (secondary N) is 1. The quantitative estimate of drug-likeness (QED) is 0.406. The standard InChI is InChI=1S/C15H17Cl2F4NO3/c1-4-25-11(23)7-22-12-8(2)5-10(6-9(12)3)13(24,14(16,18)19)15(17,20)21/h5-6,22,24H,4,7H2,1-3H3. The number of rotatable bonds is 7. The van der Waals surface area contributed by atoms with Crippen LogP contribution in [-0.4, -0.2) is 35.0 Å². The number of hydrogen-bond acceptors (Lipinski definition) is 4. The van der Waals surface area contributed by atoms with Crippen LogP contribution >= 0.6 is 23.2 Å². The first kappa shape index (κ1) is 21.8. The minimum atomic E-state index is -4.74. The molecule has 2 N–H and O–H groups in total. The van der Waals surface area contributed by atoms with E-state index in [0.717, 1.165) is 12.1 Å². The highest BCUT2D eigenvalue weighted by atomic mass is 35.5. The van der Waals surface area contributed by atoms with Crippen molar-refractivity contribution in [2.45, 2.75) is 37.1 Å². The number of ether oxygens (including phenoxy) is 1. The number of halogens is 6. The minimum Gasteiger partial charge on any atom is -0.465 e. The van der Waals surface area contributed by atoms with Crippen LogP contribution in [0.4, 0.5) is 23.2 Å². The molecule has 1 rings (SSSR count). The van der Waals surface area contributed by atoms with E-state index in [-0.39, 0.29) is 24.3 Å². The first-order chi connectivity index (χ1) is 11.3. The lowest BCUT2D eigenvalue weighted by Crippen LogP contribution is -2.52. The molecule has 0 amide bonds. The summed E-state index contributed by atoms with van der Waals surface area (Å²) < 4.78 is 58.9. The molecular formula is C15H17Cl2F4NO3. The average molecular weight is 406 g/mol. The van der Waals surface area contributed by atoms with Crippen LogP contribution in [-0.2, 0) is 15.1 Å². The summed E-state index contributed by atoms with van der Waals surface area (Å²) in [5, 5.41) is 3.17. The summed E-state index contributed by atoms with van der Waals surface area (Å²) in [6.07, 6.45) is 0. The fourth-order valence-electron chi connectivity index (χ4n) is 2.31. The predicted octanol–water partition coefficient (Wildman–Crippen LogP) is 4.13. The molecule has 25 heavy (non-hydrogen) atoms. The summed E-state index contributed by atoms with van der Waals surface area (Å²) in [5.74, 6) is -0.554. The van der Waals surface area contributed by atoms with E-state index in [9.17, 15) is 27.5 Å². The third-order valence-electron chi connectivity index (χ3n) is 3.49. The zero-order valence-electron chi connectivity index (χ0n) is 13.6. The highest BCUT2D eigenvalue weighted by molar-refractivity contribution is 6.26. The van der Waals surface area contributed by atoms with Gasteiger partial charge in [0.15, 0.2) is 0 Å². The molecule has 0 spiro atoms. The second-order valence-corrected chi connectivity index (χ2v) is 6.30. The van der Waals surface area contributed by atoms with E-state index < -0.39 is 27.9 Å². The molecule has 0 aromatic heterocycles. The Morgan fingerprint density at radius 1 is 1.16 bits per heavy atom. The average Bonchev–Trinajstić information content (AvgIpc) is 2.43. The van der Waals surface area contributed by atoms with Crippen LogP contribution in [0.25, 0.3) is 0 Å². The third kappa shape index (κ3) is 4.48. The molecule has 0 bridgehead atoms. The molecule has 0 saturated heterocycles. The molecular weight excluding hydrogens is 389 g/mol. The zero-order chi connectivity index (χ0) is 19.6. The van der Waals surface area contributed by atoms with Gasteiger partial charge in [0.25, 0.3) is 0 Å². The molecule has 1 aromatic rings. The molecule has 0 atom stereocenters. The second kappa shape index (κ2) is 7.55. The van der Waals surface area contributed by atoms with Gasteiger partial charge in [0, 0.05) is 5.69 Å². The number of alkyl halides is 6. The summed E-state index contributed by atoms with van der Waals surface area (Å²) in [7, 11) is 0. The van der Waals surface area contributed by atoms with Crippen LogP contribution in [0.3, 0.4) is 0 Å². The van der Waals surface area contributed by atoms with Crippen LogP contribution in [0.5, 0.6) is 0 Å². The van der Waals surface area contributed by atoms with Crippen LogP contribution < -0.4 is 5.32 Å². The van der Waals surface area contributed by atoms with Crippen molar-refractivity contribution in [3.8, 4) is 0 Å². The number of aryl methyl sites for hydroxylation is 2. The second-order valence-electron chi connectivity index (χ2n) is 5.35. The summed E-state index contributed by atoms with van der Waals surface area (Å²) in [4.78, 5) is 11.4. The summed E-state index contributed by atoms with van der Waals surface area (Å²) in [5.41, 5.74) is -4.20. The Balaban J connectivity index is 3.31. The molecule has 0 unspecified atom stereocenters. The van der Waals surface area contributed by atoms with E-state index in [0.29, 0.717) is 5.69 Å². The number of anilines is 1. The Hall–Kier alpha value is -1.25. The lowest BCUT2D eigenvalue weighted by atomic mass is 9.90. The maximum atomic E-state index is 13.5. The lowest BCUT2D eigenvalue weighted by Gasteiger charge is -2.35. The van der Waals surface area contributed by atoms with Gasteiger partial charge in [0.1, 0.15) is 6.54 Å². The van der Waals surface area contributed by atoms with Crippen molar-refractivity contribution in [3.05, 3.63) is 28.8 Å². The highest BCUT2D eigenvalue weighted by Crippen LogP contribution is 2.53. The smallest absolute Gasteiger partial charge is 0.361 e. The first-order valence-electron chi connectivity index (χ1n) is 7.12. The number of aliphatic hydroxyl groups is 1. The molecule has 10 heteroatoms. The number of esters is 1. The maximum absolute atomic E-state index is 13.5. The van der Waals surface area contributed by atoms with Crippen LogP contribution in [0, 0.1) is 13.8 Å². The third-order valence-corrected chi connectivity index (χ3v) is 4.03. The Labute approximate surface area is 152 Å². The first-order valence-corrected chi connectivity index (χ1v) is 7.88. The SMILES string of the molecule is CCOC(=O)CNc1c(C)cc(C(O)(C(F)(F)Cl)C(F)(F)Cl)cc1C. The van der Waals surface area contributed by atoms with Gasteiger partial charge in [0.05, 0.1) is 6.61 Å². The minimum absolute atomic E-state index is 0.181. The molecule has 1 aromatic carbocycles. The number of hydrogen-bond donors (Lipinski definition) is 2. The van der Waals surface area contributed by atoms with Gasteiger partial charge < -0.3 is 15.2 Å². The molecule has 4 nitrogen and oxygen atoms in total. The van der Waals surface area contributed by atoms with Gasteiger partial charge in [-0.2, -0.15) is 17.6 Å². The lowest BCUT2D eigenvalue weighted by molar-refractivity contribution is -0.224. The van der Waals surface area contributed by atoms with E-state index in [2.05, 4.69) is 5.32 Å². The van der Waals surface area contributed by atoms with Gasteiger partial charge >= 0.3 is 16.7 Å². The Bertz CT molecular complexity index is 608. The summed E-state index contributed by atoms with van der Waals surface area (Å²) >= 11 is 9.43. The topological polar surface area (TPSA) is 58.6 Å². The van der Waals surface area contributed by atoms with Gasteiger partial charge in [0.2, 0.25) is 5.60 Å². The van der Waals surface area contributed by atoms with Crippen LogP contribution in [0.2, 0.25) is 0 Å². The van der Waals surface area contributed by atoms with E-state index in [1.807, 2.05) is 0 Å². The maximum Gasteiger partial charge on any atom is 0.361 e. The van der Waals surface area contributed by atoms with E-state index in [4.69, 9.17) is 27.9 Å². The zero-order valence-corrected chi connectivity index (χ0v) is 15.1.